The summed E-state index contributed by atoms with van der Waals surface area (Å²) in [5, 5.41) is 0.755. The van der Waals surface area contributed by atoms with Crippen molar-refractivity contribution >= 4 is 29.1 Å². The Labute approximate surface area is 164 Å². The van der Waals surface area contributed by atoms with Crippen LogP contribution in [-0.2, 0) is 0 Å². The lowest BCUT2D eigenvalue weighted by Gasteiger charge is -2.36. The maximum Gasteiger partial charge on any atom is 0.261 e. The van der Waals surface area contributed by atoms with E-state index in [9.17, 15) is 9.59 Å². The van der Waals surface area contributed by atoms with Crippen LogP contribution in [0, 0.1) is 0 Å². The summed E-state index contributed by atoms with van der Waals surface area (Å²) in [4.78, 5) is 30.9. The predicted octanol–water partition coefficient (Wildman–Crippen LogP) is 3.15. The van der Waals surface area contributed by atoms with Crippen LogP contribution in [0.5, 0.6) is 0 Å². The topological polar surface area (TPSA) is 43.9 Å². The minimum Gasteiger partial charge on any atom is -0.369 e. The van der Waals surface area contributed by atoms with Crippen LogP contribution in [0.1, 0.15) is 27.1 Å². The predicted molar refractivity (Wildman–Crippen MR) is 107 cm³/mol. The van der Waals surface area contributed by atoms with Gasteiger partial charge in [0.1, 0.15) is 0 Å². The van der Waals surface area contributed by atoms with Gasteiger partial charge >= 0.3 is 0 Å². The molecular weight excluding hydrogens is 362 g/mol. The summed E-state index contributed by atoms with van der Waals surface area (Å²) in [6, 6.07) is 15.0. The third kappa shape index (κ3) is 3.70. The molecule has 2 aliphatic rings. The van der Waals surface area contributed by atoms with Gasteiger partial charge in [0.25, 0.3) is 11.8 Å². The van der Waals surface area contributed by atoms with E-state index in [2.05, 4.69) is 21.9 Å². The molecule has 2 amide bonds. The van der Waals surface area contributed by atoms with Gasteiger partial charge in [0.05, 0.1) is 11.1 Å². The van der Waals surface area contributed by atoms with E-state index in [-0.39, 0.29) is 11.8 Å². The maximum atomic E-state index is 12.4. The van der Waals surface area contributed by atoms with Gasteiger partial charge in [-0.15, -0.1) is 0 Å². The Balaban J connectivity index is 1.25. The molecule has 2 aromatic carbocycles. The minimum absolute atomic E-state index is 0.164. The molecule has 4 rings (SSSR count). The number of nitrogens with zero attached hydrogens (tertiary/aromatic N) is 3. The SMILES string of the molecule is O=C1c2ccccc2C(=O)N1CCCN1CCN(c2ccc(Cl)cc2)CC1. The number of benzene rings is 2. The van der Waals surface area contributed by atoms with Gasteiger partial charge in [0.2, 0.25) is 0 Å². The Morgan fingerprint density at radius 1 is 0.778 bits per heavy atom. The Kier molecular flexibility index (Phi) is 5.14. The number of rotatable bonds is 5. The van der Waals surface area contributed by atoms with E-state index in [0.29, 0.717) is 17.7 Å². The summed E-state index contributed by atoms with van der Waals surface area (Å²) in [5.74, 6) is -0.327. The first kappa shape index (κ1) is 18.0. The smallest absolute Gasteiger partial charge is 0.261 e. The van der Waals surface area contributed by atoms with Crippen LogP contribution in [0.25, 0.3) is 0 Å². The molecule has 0 aromatic heterocycles. The molecule has 0 spiro atoms. The number of carbonyl (C=O) groups is 2. The normalized spacial score (nSPS) is 17.5. The van der Waals surface area contributed by atoms with Gasteiger partial charge in [-0.3, -0.25) is 19.4 Å². The van der Waals surface area contributed by atoms with Crippen LogP contribution in [-0.4, -0.2) is 60.9 Å². The van der Waals surface area contributed by atoms with Crippen molar-refractivity contribution in [2.24, 2.45) is 0 Å². The summed E-state index contributed by atoms with van der Waals surface area (Å²) in [7, 11) is 0. The number of piperazine rings is 1. The monoisotopic (exact) mass is 383 g/mol. The average Bonchev–Trinajstić information content (AvgIpc) is 2.94. The molecule has 0 radical (unpaired) electrons. The number of fused-ring (bicyclic) bond motifs is 1. The number of hydrogen-bond acceptors (Lipinski definition) is 4. The number of anilines is 1. The van der Waals surface area contributed by atoms with E-state index < -0.39 is 0 Å². The Morgan fingerprint density at radius 3 is 1.96 bits per heavy atom. The lowest BCUT2D eigenvalue weighted by atomic mass is 10.1. The molecule has 140 valence electrons. The van der Waals surface area contributed by atoms with Gasteiger partial charge in [0.15, 0.2) is 0 Å². The summed E-state index contributed by atoms with van der Waals surface area (Å²) in [6.07, 6.45) is 0.798. The molecule has 2 aromatic rings. The molecule has 0 N–H and O–H groups in total. The molecule has 27 heavy (non-hydrogen) atoms. The second-order valence-electron chi connectivity index (χ2n) is 6.97. The van der Waals surface area contributed by atoms with E-state index in [1.807, 2.05) is 12.1 Å². The molecule has 6 heteroatoms. The van der Waals surface area contributed by atoms with Gasteiger partial charge in [-0.2, -0.15) is 0 Å². The van der Waals surface area contributed by atoms with Gasteiger partial charge in [-0.25, -0.2) is 0 Å². The Bertz CT molecular complexity index is 810. The fourth-order valence-electron chi connectivity index (χ4n) is 3.78. The molecular formula is C21H22ClN3O2. The van der Waals surface area contributed by atoms with Crippen molar-refractivity contribution in [3.8, 4) is 0 Å². The van der Waals surface area contributed by atoms with Gasteiger partial charge in [-0.05, 0) is 49.4 Å². The standard InChI is InChI=1S/C21H22ClN3O2/c22-16-6-8-17(9-7-16)24-14-12-23(13-15-24)10-3-11-25-20(26)18-4-1-2-5-19(18)21(25)27/h1-2,4-9H,3,10-15H2. The quantitative estimate of drug-likeness (QED) is 0.744. The molecule has 0 unspecified atom stereocenters. The zero-order valence-corrected chi connectivity index (χ0v) is 15.9. The third-order valence-corrected chi connectivity index (χ3v) is 5.55. The lowest BCUT2D eigenvalue weighted by Crippen LogP contribution is -2.47. The lowest BCUT2D eigenvalue weighted by molar-refractivity contribution is 0.0647. The van der Waals surface area contributed by atoms with Crippen LogP contribution in [0.15, 0.2) is 48.5 Å². The Hall–Kier alpha value is -2.37. The van der Waals surface area contributed by atoms with Crippen LogP contribution in [0.3, 0.4) is 0 Å². The summed E-state index contributed by atoms with van der Waals surface area (Å²) >= 11 is 5.96. The average molecular weight is 384 g/mol. The fourth-order valence-corrected chi connectivity index (χ4v) is 3.90. The Morgan fingerprint density at radius 2 is 1.37 bits per heavy atom. The van der Waals surface area contributed by atoms with Crippen molar-refractivity contribution in [2.75, 3.05) is 44.2 Å². The van der Waals surface area contributed by atoms with Gasteiger partial charge in [-0.1, -0.05) is 23.7 Å². The zero-order valence-electron chi connectivity index (χ0n) is 15.1. The van der Waals surface area contributed by atoms with Crippen molar-refractivity contribution in [3.63, 3.8) is 0 Å². The van der Waals surface area contributed by atoms with Crippen LogP contribution in [0.2, 0.25) is 5.02 Å². The first-order valence-corrected chi connectivity index (χ1v) is 9.69. The van der Waals surface area contributed by atoms with Gasteiger partial charge in [0, 0.05) is 43.4 Å². The molecule has 0 saturated carbocycles. The molecule has 0 atom stereocenters. The molecule has 5 nitrogen and oxygen atoms in total. The maximum absolute atomic E-state index is 12.4. The van der Waals surface area contributed by atoms with Crippen molar-refractivity contribution in [3.05, 3.63) is 64.7 Å². The van der Waals surface area contributed by atoms with Gasteiger partial charge < -0.3 is 4.90 Å². The van der Waals surface area contributed by atoms with E-state index in [1.165, 1.54) is 10.6 Å². The molecule has 1 saturated heterocycles. The number of amides is 2. The van der Waals surface area contributed by atoms with E-state index in [0.717, 1.165) is 44.2 Å². The number of carbonyl (C=O) groups excluding carboxylic acids is 2. The summed E-state index contributed by atoms with van der Waals surface area (Å²) in [6.45, 7) is 5.25. The fraction of sp³-hybridized carbons (Fsp3) is 0.333. The molecule has 0 bridgehead atoms. The largest absolute Gasteiger partial charge is 0.369 e. The second-order valence-corrected chi connectivity index (χ2v) is 7.40. The number of halogens is 1. The highest BCUT2D eigenvalue weighted by Gasteiger charge is 2.34. The highest BCUT2D eigenvalue weighted by Crippen LogP contribution is 2.23. The number of hydrogen-bond donors (Lipinski definition) is 0. The zero-order chi connectivity index (χ0) is 18.8. The minimum atomic E-state index is -0.164. The van der Waals surface area contributed by atoms with Crippen molar-refractivity contribution < 1.29 is 9.59 Å². The second kappa shape index (κ2) is 7.71. The van der Waals surface area contributed by atoms with Crippen LogP contribution in [0.4, 0.5) is 5.69 Å². The van der Waals surface area contributed by atoms with Crippen molar-refractivity contribution in [2.45, 2.75) is 6.42 Å². The number of imide groups is 1. The van der Waals surface area contributed by atoms with Crippen molar-refractivity contribution in [1.29, 1.82) is 0 Å². The first-order valence-electron chi connectivity index (χ1n) is 9.31. The highest BCUT2D eigenvalue weighted by atomic mass is 35.5. The molecule has 2 aliphatic heterocycles. The highest BCUT2D eigenvalue weighted by molar-refractivity contribution is 6.30. The van der Waals surface area contributed by atoms with Crippen molar-refractivity contribution in [1.82, 2.24) is 9.80 Å². The van der Waals surface area contributed by atoms with E-state index in [4.69, 9.17) is 11.6 Å². The van der Waals surface area contributed by atoms with Crippen LogP contribution >= 0.6 is 11.6 Å². The third-order valence-electron chi connectivity index (χ3n) is 5.30. The molecule has 1 fully saturated rings. The van der Waals surface area contributed by atoms with E-state index in [1.54, 1.807) is 24.3 Å². The molecule has 2 heterocycles. The van der Waals surface area contributed by atoms with Crippen LogP contribution < -0.4 is 4.90 Å². The summed E-state index contributed by atoms with van der Waals surface area (Å²) < 4.78 is 0. The first-order chi connectivity index (χ1) is 13.1. The summed E-state index contributed by atoms with van der Waals surface area (Å²) in [5.41, 5.74) is 2.25. The van der Waals surface area contributed by atoms with E-state index >= 15 is 0 Å². The molecule has 0 aliphatic carbocycles.